The van der Waals surface area contributed by atoms with Crippen LogP contribution < -0.4 is 5.32 Å². The lowest BCUT2D eigenvalue weighted by molar-refractivity contribution is 0.0956. The summed E-state index contributed by atoms with van der Waals surface area (Å²) in [6.07, 6.45) is 0. The third-order valence-electron chi connectivity index (χ3n) is 5.06. The van der Waals surface area contributed by atoms with Crippen LogP contribution in [-0.4, -0.2) is 69.1 Å². The minimum atomic E-state index is -3.33. The van der Waals surface area contributed by atoms with Crippen molar-refractivity contribution in [2.24, 2.45) is 0 Å². The van der Waals surface area contributed by atoms with Crippen molar-refractivity contribution in [3.63, 3.8) is 0 Å². The molecular formula is C22H29N3O3S2. The number of carbonyl (C=O) groups excluding carboxylic acids is 1. The second-order valence-electron chi connectivity index (χ2n) is 7.45. The van der Waals surface area contributed by atoms with Gasteiger partial charge in [0.1, 0.15) is 0 Å². The summed E-state index contributed by atoms with van der Waals surface area (Å²) in [5.74, 6) is 1.59. The maximum Gasteiger partial charge on any atom is 0.251 e. The molecule has 1 saturated heterocycles. The number of benzene rings is 2. The molecule has 1 N–H and O–H groups in total. The molecule has 2 aromatic carbocycles. The number of hydrogen-bond acceptors (Lipinski definition) is 5. The second-order valence-corrected chi connectivity index (χ2v) is 10.5. The molecule has 30 heavy (non-hydrogen) atoms. The van der Waals surface area contributed by atoms with Gasteiger partial charge in [-0.15, -0.1) is 0 Å². The van der Waals surface area contributed by atoms with Crippen molar-refractivity contribution in [2.45, 2.75) is 11.5 Å². The van der Waals surface area contributed by atoms with E-state index in [2.05, 4.69) is 22.3 Å². The first kappa shape index (κ1) is 22.8. The summed E-state index contributed by atoms with van der Waals surface area (Å²) >= 11 is 1.78. The molecule has 1 amide bonds. The van der Waals surface area contributed by atoms with Gasteiger partial charge in [-0.3, -0.25) is 4.79 Å². The van der Waals surface area contributed by atoms with Crippen molar-refractivity contribution in [2.75, 3.05) is 45.5 Å². The maximum atomic E-state index is 12.6. The number of rotatable bonds is 9. The van der Waals surface area contributed by atoms with Crippen LogP contribution in [0.25, 0.3) is 0 Å². The van der Waals surface area contributed by atoms with E-state index in [0.717, 1.165) is 24.6 Å². The number of thioether (sulfide) groups is 1. The molecule has 1 fully saturated rings. The Bertz CT molecular complexity index is 910. The molecule has 6 nitrogen and oxygen atoms in total. The van der Waals surface area contributed by atoms with Gasteiger partial charge in [0, 0.05) is 49.8 Å². The first-order chi connectivity index (χ1) is 14.4. The van der Waals surface area contributed by atoms with Gasteiger partial charge in [0.05, 0.1) is 5.75 Å². The highest BCUT2D eigenvalue weighted by atomic mass is 32.2. The summed E-state index contributed by atoms with van der Waals surface area (Å²) in [5, 5.41) is 2.92. The Morgan fingerprint density at radius 3 is 2.30 bits per heavy atom. The summed E-state index contributed by atoms with van der Waals surface area (Å²) in [6, 6.07) is 17.1. The van der Waals surface area contributed by atoms with Crippen molar-refractivity contribution >= 4 is 27.7 Å². The minimum absolute atomic E-state index is 0.0330. The zero-order valence-electron chi connectivity index (χ0n) is 17.3. The zero-order chi connectivity index (χ0) is 21.4. The van der Waals surface area contributed by atoms with Crippen molar-refractivity contribution in [3.8, 4) is 0 Å². The first-order valence-corrected chi connectivity index (χ1v) is 12.9. The number of carbonyl (C=O) groups is 1. The highest BCUT2D eigenvalue weighted by molar-refractivity contribution is 7.98. The van der Waals surface area contributed by atoms with Crippen molar-refractivity contribution in [1.29, 1.82) is 0 Å². The predicted octanol–water partition coefficient (Wildman–Crippen LogP) is 2.43. The molecule has 0 atom stereocenters. The van der Waals surface area contributed by atoms with Crippen molar-refractivity contribution in [3.05, 3.63) is 71.3 Å². The van der Waals surface area contributed by atoms with Gasteiger partial charge in [-0.05, 0) is 30.3 Å². The van der Waals surface area contributed by atoms with Gasteiger partial charge in [0.15, 0.2) is 0 Å². The summed E-state index contributed by atoms with van der Waals surface area (Å²) in [4.78, 5) is 14.4. The van der Waals surface area contributed by atoms with E-state index in [-0.39, 0.29) is 11.7 Å². The normalized spacial score (nSPS) is 15.8. The number of likely N-dealkylation sites (N-methyl/N-ethyl adjacent to an activating group) is 1. The lowest BCUT2D eigenvalue weighted by Crippen LogP contribution is -2.47. The Morgan fingerprint density at radius 2 is 1.63 bits per heavy atom. The SMILES string of the molecule is CN1CCN(S(=O)(=O)Cc2ccc(C(=O)NCCSCc3ccccc3)cc2)CC1. The molecule has 0 radical (unpaired) electrons. The van der Waals surface area contributed by atoms with E-state index in [1.165, 1.54) is 5.56 Å². The zero-order valence-corrected chi connectivity index (χ0v) is 18.9. The highest BCUT2D eigenvalue weighted by Gasteiger charge is 2.25. The Labute approximate surface area is 183 Å². The highest BCUT2D eigenvalue weighted by Crippen LogP contribution is 2.14. The molecule has 1 heterocycles. The smallest absolute Gasteiger partial charge is 0.251 e. The first-order valence-electron chi connectivity index (χ1n) is 10.1. The number of piperazine rings is 1. The number of nitrogens with zero attached hydrogens (tertiary/aromatic N) is 2. The Kier molecular flexibility index (Phi) is 8.32. The average molecular weight is 448 g/mol. The summed E-state index contributed by atoms with van der Waals surface area (Å²) in [6.45, 7) is 3.16. The van der Waals surface area contributed by atoms with Crippen LogP contribution in [0.1, 0.15) is 21.5 Å². The number of nitrogens with one attached hydrogen (secondary N) is 1. The quantitative estimate of drug-likeness (QED) is 0.598. The fraction of sp³-hybridized carbons (Fsp3) is 0.409. The van der Waals surface area contributed by atoms with Crippen LogP contribution in [0.3, 0.4) is 0 Å². The Balaban J connectivity index is 1.42. The lowest BCUT2D eigenvalue weighted by atomic mass is 10.1. The standard InChI is InChI=1S/C22H29N3O3S2/c1-24-12-14-25(15-13-24)30(27,28)18-20-7-9-21(10-8-20)22(26)23-11-16-29-17-19-5-3-2-4-6-19/h2-10H,11-18H2,1H3,(H,23,26). The molecule has 162 valence electrons. The van der Waals surface area contributed by atoms with Crippen LogP contribution in [0.4, 0.5) is 0 Å². The molecule has 0 aliphatic carbocycles. The molecule has 1 aliphatic heterocycles. The minimum Gasteiger partial charge on any atom is -0.351 e. The van der Waals surface area contributed by atoms with Gasteiger partial charge >= 0.3 is 0 Å². The van der Waals surface area contributed by atoms with Gasteiger partial charge in [-0.2, -0.15) is 16.1 Å². The molecule has 3 rings (SSSR count). The van der Waals surface area contributed by atoms with E-state index in [1.54, 1.807) is 40.3 Å². The molecule has 1 aliphatic rings. The predicted molar refractivity (Wildman–Crippen MR) is 123 cm³/mol. The molecule has 0 spiro atoms. The largest absolute Gasteiger partial charge is 0.351 e. The van der Waals surface area contributed by atoms with Crippen LogP contribution in [0.5, 0.6) is 0 Å². The average Bonchev–Trinajstić information content (AvgIpc) is 2.74. The molecule has 2 aromatic rings. The van der Waals surface area contributed by atoms with Crippen LogP contribution in [0.2, 0.25) is 0 Å². The van der Waals surface area contributed by atoms with Crippen LogP contribution >= 0.6 is 11.8 Å². The van der Waals surface area contributed by atoms with Gasteiger partial charge in [-0.25, -0.2) is 8.42 Å². The topological polar surface area (TPSA) is 69.7 Å². The van der Waals surface area contributed by atoms with E-state index in [4.69, 9.17) is 0 Å². The fourth-order valence-corrected chi connectivity index (χ4v) is 5.56. The third-order valence-corrected chi connectivity index (χ3v) is 7.94. The molecular weight excluding hydrogens is 418 g/mol. The van der Waals surface area contributed by atoms with Gasteiger partial charge in [-0.1, -0.05) is 42.5 Å². The maximum absolute atomic E-state index is 12.6. The summed E-state index contributed by atoms with van der Waals surface area (Å²) < 4.78 is 26.8. The van der Waals surface area contributed by atoms with Crippen LogP contribution in [0, 0.1) is 0 Å². The van der Waals surface area contributed by atoms with Gasteiger partial charge < -0.3 is 10.2 Å². The van der Waals surface area contributed by atoms with E-state index in [0.29, 0.717) is 30.8 Å². The van der Waals surface area contributed by atoms with E-state index < -0.39 is 10.0 Å². The fourth-order valence-electron chi connectivity index (χ4n) is 3.22. The number of hydrogen-bond donors (Lipinski definition) is 1. The molecule has 0 unspecified atom stereocenters. The lowest BCUT2D eigenvalue weighted by Gasteiger charge is -2.31. The van der Waals surface area contributed by atoms with Gasteiger partial charge in [0.25, 0.3) is 5.91 Å². The molecule has 0 aromatic heterocycles. The molecule has 0 bridgehead atoms. The second kappa shape index (κ2) is 10.9. The van der Waals surface area contributed by atoms with E-state index >= 15 is 0 Å². The summed E-state index contributed by atoms with van der Waals surface area (Å²) in [7, 11) is -1.34. The molecule has 0 saturated carbocycles. The monoisotopic (exact) mass is 447 g/mol. The Morgan fingerprint density at radius 1 is 0.967 bits per heavy atom. The van der Waals surface area contributed by atoms with Gasteiger partial charge in [0.2, 0.25) is 10.0 Å². The van der Waals surface area contributed by atoms with Crippen molar-refractivity contribution < 1.29 is 13.2 Å². The van der Waals surface area contributed by atoms with E-state index in [1.807, 2.05) is 25.2 Å². The Hall–Kier alpha value is -1.87. The van der Waals surface area contributed by atoms with Crippen LogP contribution in [0.15, 0.2) is 54.6 Å². The van der Waals surface area contributed by atoms with E-state index in [9.17, 15) is 13.2 Å². The summed E-state index contributed by atoms with van der Waals surface area (Å²) in [5.41, 5.74) is 2.52. The third kappa shape index (κ3) is 6.84. The van der Waals surface area contributed by atoms with Crippen LogP contribution in [-0.2, 0) is 21.5 Å². The molecule has 8 heteroatoms. The number of sulfonamides is 1. The number of amides is 1. The van der Waals surface area contributed by atoms with Crippen molar-refractivity contribution in [1.82, 2.24) is 14.5 Å².